The highest BCUT2D eigenvalue weighted by molar-refractivity contribution is 7.92. The monoisotopic (exact) mass is 477 g/mol. The van der Waals surface area contributed by atoms with E-state index in [1.54, 1.807) is 0 Å². The van der Waals surface area contributed by atoms with Crippen molar-refractivity contribution in [2.45, 2.75) is 25.7 Å². The molecule has 0 radical (unpaired) electrons. The first-order chi connectivity index (χ1) is 16.2. The number of hydrogen-bond acceptors (Lipinski definition) is 7. The molecular formula is C24H23N5O4S. The average molecular weight is 478 g/mol. The van der Waals surface area contributed by atoms with Crippen LogP contribution >= 0.6 is 0 Å². The Morgan fingerprint density at radius 3 is 2.41 bits per heavy atom. The van der Waals surface area contributed by atoms with Gasteiger partial charge in [0.25, 0.3) is 10.0 Å². The van der Waals surface area contributed by atoms with E-state index in [0.29, 0.717) is 11.6 Å². The highest BCUT2D eigenvalue weighted by Crippen LogP contribution is 2.31. The summed E-state index contributed by atoms with van der Waals surface area (Å²) in [4.78, 5) is 4.67. The minimum Gasteiger partial charge on any atom is -0.493 e. The van der Waals surface area contributed by atoms with Gasteiger partial charge in [0.1, 0.15) is 11.6 Å². The Bertz CT molecular complexity index is 1570. The Morgan fingerprint density at radius 1 is 1.00 bits per heavy atom. The van der Waals surface area contributed by atoms with Gasteiger partial charge < -0.3 is 9.47 Å². The van der Waals surface area contributed by atoms with E-state index in [1.165, 1.54) is 43.3 Å². The van der Waals surface area contributed by atoms with Crippen LogP contribution in [-0.2, 0) is 10.0 Å². The number of hydrogen-bond donors (Lipinski definition) is 1. The fraction of sp³-hybridized carbons (Fsp3) is 0.208. The standard InChI is InChI=1S/C24H23N5O4S/c1-14-8-16(3)23-19(9-14)15(2)10-22(27-23)29-24(17(12-25)13-26-29)28-34(30,31)18-6-7-20(32-4)21(11-18)33-5/h6-11,13,28H,1-5H3. The molecule has 4 rings (SSSR count). The van der Waals surface area contributed by atoms with Crippen LogP contribution in [0.4, 0.5) is 5.82 Å². The van der Waals surface area contributed by atoms with Crippen LogP contribution in [-0.4, -0.2) is 37.4 Å². The lowest BCUT2D eigenvalue weighted by Gasteiger charge is -2.14. The Labute approximate surface area is 197 Å². The fourth-order valence-corrected chi connectivity index (χ4v) is 4.89. The number of aromatic nitrogens is 3. The van der Waals surface area contributed by atoms with Crippen LogP contribution in [0.2, 0.25) is 0 Å². The van der Waals surface area contributed by atoms with Crippen molar-refractivity contribution in [3.8, 4) is 23.4 Å². The van der Waals surface area contributed by atoms with Crippen molar-refractivity contribution in [1.82, 2.24) is 14.8 Å². The van der Waals surface area contributed by atoms with Gasteiger partial charge in [0, 0.05) is 11.5 Å². The van der Waals surface area contributed by atoms with E-state index < -0.39 is 10.0 Å². The normalized spacial score (nSPS) is 11.3. The molecule has 174 valence electrons. The number of ether oxygens (including phenoxy) is 2. The maximum atomic E-state index is 13.2. The Balaban J connectivity index is 1.83. The molecule has 10 heteroatoms. The number of fused-ring (bicyclic) bond motifs is 1. The minimum atomic E-state index is -4.10. The maximum Gasteiger partial charge on any atom is 0.263 e. The zero-order chi connectivity index (χ0) is 24.6. The largest absolute Gasteiger partial charge is 0.493 e. The Hall–Kier alpha value is -4.10. The summed E-state index contributed by atoms with van der Waals surface area (Å²) >= 11 is 0. The van der Waals surface area contributed by atoms with Gasteiger partial charge in [-0.3, -0.25) is 4.72 Å². The van der Waals surface area contributed by atoms with Gasteiger partial charge in [0.15, 0.2) is 23.1 Å². The first-order valence-corrected chi connectivity index (χ1v) is 11.8. The van der Waals surface area contributed by atoms with Crippen molar-refractivity contribution in [2.24, 2.45) is 0 Å². The Morgan fingerprint density at radius 2 is 1.74 bits per heavy atom. The predicted octanol–water partition coefficient (Wildman–Crippen LogP) is 4.04. The number of pyridine rings is 1. The van der Waals surface area contributed by atoms with E-state index in [1.807, 2.05) is 39.0 Å². The SMILES string of the molecule is COc1ccc(S(=O)(=O)Nc2c(C#N)cnn2-c2cc(C)c3cc(C)cc(C)c3n2)cc1OC. The summed E-state index contributed by atoms with van der Waals surface area (Å²) in [5.74, 6) is 1.04. The molecule has 0 bridgehead atoms. The van der Waals surface area contributed by atoms with Crippen LogP contribution in [0.25, 0.3) is 16.7 Å². The zero-order valence-corrected chi connectivity index (χ0v) is 20.2. The highest BCUT2D eigenvalue weighted by atomic mass is 32.2. The highest BCUT2D eigenvalue weighted by Gasteiger charge is 2.23. The molecule has 2 heterocycles. The van der Waals surface area contributed by atoms with Crippen molar-refractivity contribution < 1.29 is 17.9 Å². The smallest absolute Gasteiger partial charge is 0.263 e. The average Bonchev–Trinajstić information content (AvgIpc) is 3.20. The van der Waals surface area contributed by atoms with E-state index >= 15 is 0 Å². The van der Waals surface area contributed by atoms with Crippen molar-refractivity contribution in [1.29, 1.82) is 5.26 Å². The quantitative estimate of drug-likeness (QED) is 0.445. The van der Waals surface area contributed by atoms with Crippen LogP contribution < -0.4 is 14.2 Å². The van der Waals surface area contributed by atoms with Crippen molar-refractivity contribution >= 4 is 26.7 Å². The maximum absolute atomic E-state index is 13.2. The Kier molecular flexibility index (Phi) is 5.89. The summed E-state index contributed by atoms with van der Waals surface area (Å²) in [5.41, 5.74) is 3.90. The lowest BCUT2D eigenvalue weighted by atomic mass is 10.0. The summed E-state index contributed by atoms with van der Waals surface area (Å²) in [6.45, 7) is 5.94. The van der Waals surface area contributed by atoms with Gasteiger partial charge in [-0.2, -0.15) is 15.0 Å². The molecule has 2 aromatic carbocycles. The summed E-state index contributed by atoms with van der Waals surface area (Å²) in [6.07, 6.45) is 1.30. The number of benzene rings is 2. The molecule has 34 heavy (non-hydrogen) atoms. The molecule has 0 saturated heterocycles. The van der Waals surface area contributed by atoms with Gasteiger partial charge in [-0.05, 0) is 56.2 Å². The number of sulfonamides is 1. The first kappa shape index (κ1) is 23.1. The van der Waals surface area contributed by atoms with E-state index in [4.69, 9.17) is 14.5 Å². The van der Waals surface area contributed by atoms with Crippen LogP contribution in [0.3, 0.4) is 0 Å². The lowest BCUT2D eigenvalue weighted by Crippen LogP contribution is -2.17. The minimum absolute atomic E-state index is 0.00620. The van der Waals surface area contributed by atoms with Crippen LogP contribution in [0.5, 0.6) is 11.5 Å². The van der Waals surface area contributed by atoms with Gasteiger partial charge in [-0.15, -0.1) is 0 Å². The van der Waals surface area contributed by atoms with E-state index in [-0.39, 0.29) is 22.0 Å². The molecule has 0 unspecified atom stereocenters. The second-order valence-electron chi connectivity index (χ2n) is 7.83. The molecule has 1 N–H and O–H groups in total. The van der Waals surface area contributed by atoms with Gasteiger partial charge >= 0.3 is 0 Å². The number of nitriles is 1. The fourth-order valence-electron chi connectivity index (χ4n) is 3.81. The third kappa shape index (κ3) is 4.02. The number of aryl methyl sites for hydroxylation is 3. The van der Waals surface area contributed by atoms with Crippen LogP contribution in [0.1, 0.15) is 22.3 Å². The molecule has 0 aliphatic carbocycles. The molecule has 4 aromatic rings. The zero-order valence-electron chi connectivity index (χ0n) is 19.4. The number of nitrogens with zero attached hydrogens (tertiary/aromatic N) is 4. The van der Waals surface area contributed by atoms with Crippen LogP contribution in [0, 0.1) is 32.1 Å². The predicted molar refractivity (Wildman–Crippen MR) is 128 cm³/mol. The molecule has 0 fully saturated rings. The van der Waals surface area contributed by atoms with E-state index in [0.717, 1.165) is 27.6 Å². The molecule has 0 amide bonds. The molecule has 2 aromatic heterocycles. The molecular weight excluding hydrogens is 454 g/mol. The van der Waals surface area contributed by atoms with Gasteiger partial charge in [0.2, 0.25) is 0 Å². The number of methoxy groups -OCH3 is 2. The van der Waals surface area contributed by atoms with Crippen molar-refractivity contribution in [3.05, 3.63) is 64.8 Å². The second-order valence-corrected chi connectivity index (χ2v) is 9.51. The van der Waals surface area contributed by atoms with Crippen LogP contribution in [0.15, 0.2) is 47.5 Å². The number of rotatable bonds is 6. The van der Waals surface area contributed by atoms with Gasteiger partial charge in [-0.1, -0.05) is 11.6 Å². The van der Waals surface area contributed by atoms with E-state index in [9.17, 15) is 13.7 Å². The number of nitrogens with one attached hydrogen (secondary N) is 1. The number of anilines is 1. The third-order valence-corrected chi connectivity index (χ3v) is 6.78. The van der Waals surface area contributed by atoms with Gasteiger partial charge in [-0.25, -0.2) is 13.4 Å². The van der Waals surface area contributed by atoms with Gasteiger partial charge in [0.05, 0.1) is 30.8 Å². The molecule has 0 spiro atoms. The molecule has 0 aliphatic rings. The summed E-state index contributed by atoms with van der Waals surface area (Å²) < 4.78 is 40.6. The summed E-state index contributed by atoms with van der Waals surface area (Å²) in [7, 11) is -1.22. The summed E-state index contributed by atoms with van der Waals surface area (Å²) in [5, 5.41) is 14.9. The summed E-state index contributed by atoms with van der Waals surface area (Å²) in [6, 6.07) is 12.1. The van der Waals surface area contributed by atoms with E-state index in [2.05, 4.69) is 15.9 Å². The van der Waals surface area contributed by atoms with Crippen molar-refractivity contribution in [2.75, 3.05) is 18.9 Å². The topological polar surface area (TPSA) is 119 Å². The third-order valence-electron chi connectivity index (χ3n) is 5.44. The lowest BCUT2D eigenvalue weighted by molar-refractivity contribution is 0.354. The molecule has 9 nitrogen and oxygen atoms in total. The second kappa shape index (κ2) is 8.68. The van der Waals surface area contributed by atoms with Crippen molar-refractivity contribution in [3.63, 3.8) is 0 Å². The molecule has 0 saturated carbocycles. The first-order valence-electron chi connectivity index (χ1n) is 10.3. The molecule has 0 atom stereocenters. The molecule has 0 aliphatic heterocycles.